The van der Waals surface area contributed by atoms with Crippen molar-refractivity contribution in [3.63, 3.8) is 0 Å². The molecule has 0 spiro atoms. The van der Waals surface area contributed by atoms with Gasteiger partial charge in [0.2, 0.25) is 5.91 Å². The van der Waals surface area contributed by atoms with E-state index in [2.05, 4.69) is 65.1 Å². The van der Waals surface area contributed by atoms with Gasteiger partial charge in [0.05, 0.1) is 12.9 Å². The van der Waals surface area contributed by atoms with Gasteiger partial charge in [0.15, 0.2) is 5.16 Å². The predicted octanol–water partition coefficient (Wildman–Crippen LogP) is 5.34. The molecular weight excluding hydrogens is 420 g/mol. The van der Waals surface area contributed by atoms with Crippen LogP contribution in [0.1, 0.15) is 50.1 Å². The number of ether oxygens (including phenoxy) is 1. The molecule has 1 aromatic heterocycles. The quantitative estimate of drug-likeness (QED) is 0.398. The van der Waals surface area contributed by atoms with Gasteiger partial charge in [-0.2, -0.15) is 0 Å². The van der Waals surface area contributed by atoms with Gasteiger partial charge in [-0.15, -0.1) is 10.2 Å². The number of carbonyl (C=O) groups is 1. The second-order valence-electron chi connectivity index (χ2n) is 7.96. The van der Waals surface area contributed by atoms with E-state index in [-0.39, 0.29) is 5.91 Å². The van der Waals surface area contributed by atoms with Crippen LogP contribution in [-0.2, 0) is 24.2 Å². The molecule has 0 aliphatic rings. The lowest BCUT2D eigenvalue weighted by molar-refractivity contribution is -0.113. The van der Waals surface area contributed by atoms with E-state index in [1.807, 2.05) is 24.3 Å². The first-order valence-electron chi connectivity index (χ1n) is 11.1. The van der Waals surface area contributed by atoms with Crippen LogP contribution in [0, 0.1) is 0 Å². The highest BCUT2D eigenvalue weighted by atomic mass is 32.2. The molecule has 0 saturated heterocycles. The highest BCUT2D eigenvalue weighted by molar-refractivity contribution is 7.99. The van der Waals surface area contributed by atoms with Crippen LogP contribution in [-0.4, -0.2) is 33.5 Å². The van der Waals surface area contributed by atoms with Crippen LogP contribution >= 0.6 is 11.8 Å². The molecule has 0 aliphatic heterocycles. The zero-order valence-corrected chi connectivity index (χ0v) is 20.1. The van der Waals surface area contributed by atoms with E-state index >= 15 is 0 Å². The first-order valence-corrected chi connectivity index (χ1v) is 12.1. The molecule has 2 aromatic carbocycles. The summed E-state index contributed by atoms with van der Waals surface area (Å²) in [6.07, 6.45) is 2.81. The normalized spacial score (nSPS) is 11.0. The fourth-order valence-corrected chi connectivity index (χ4v) is 4.27. The van der Waals surface area contributed by atoms with Gasteiger partial charge in [0.1, 0.15) is 11.6 Å². The van der Waals surface area contributed by atoms with Gasteiger partial charge in [-0.3, -0.25) is 4.79 Å². The van der Waals surface area contributed by atoms with E-state index in [4.69, 9.17) is 4.74 Å². The number of nitrogens with one attached hydrogen (secondary N) is 1. The fraction of sp³-hybridized carbons (Fsp3) is 0.400. The molecular formula is C25H32N4O2S. The minimum atomic E-state index is -0.0426. The lowest BCUT2D eigenvalue weighted by atomic mass is 10.0. The Kier molecular flexibility index (Phi) is 8.73. The number of methoxy groups -OCH3 is 1. The third kappa shape index (κ3) is 6.60. The third-order valence-electron chi connectivity index (χ3n) is 5.33. The van der Waals surface area contributed by atoms with E-state index in [0.29, 0.717) is 11.7 Å². The average Bonchev–Trinajstić information content (AvgIpc) is 3.20. The zero-order chi connectivity index (χ0) is 22.9. The number of aromatic nitrogens is 3. The second-order valence-corrected chi connectivity index (χ2v) is 8.90. The van der Waals surface area contributed by atoms with Crippen molar-refractivity contribution in [3.8, 4) is 5.75 Å². The van der Waals surface area contributed by atoms with Crippen molar-refractivity contribution in [1.29, 1.82) is 0 Å². The van der Waals surface area contributed by atoms with Gasteiger partial charge in [0.25, 0.3) is 0 Å². The number of rotatable bonds is 11. The Balaban J connectivity index is 1.49. The standard InChI is InChI=1S/C25H32N4O2S/c1-5-29-23(8-6-7-19-9-15-22(31-4)16-10-19)27-28-25(29)32-17-24(30)26-21-13-11-20(12-14-21)18(2)3/h9-16,18H,5-8,17H2,1-4H3,(H,26,30). The van der Waals surface area contributed by atoms with Crippen LogP contribution in [0.2, 0.25) is 0 Å². The molecule has 0 unspecified atom stereocenters. The highest BCUT2D eigenvalue weighted by Crippen LogP contribution is 2.21. The molecule has 3 aromatic rings. The van der Waals surface area contributed by atoms with Gasteiger partial charge >= 0.3 is 0 Å². The van der Waals surface area contributed by atoms with Crippen LogP contribution in [0.4, 0.5) is 5.69 Å². The summed E-state index contributed by atoms with van der Waals surface area (Å²) in [5.74, 6) is 2.57. The summed E-state index contributed by atoms with van der Waals surface area (Å²) in [4.78, 5) is 12.4. The lowest BCUT2D eigenvalue weighted by Gasteiger charge is -2.09. The Labute approximate surface area is 194 Å². The second kappa shape index (κ2) is 11.7. The van der Waals surface area contributed by atoms with E-state index in [9.17, 15) is 4.79 Å². The SMILES string of the molecule is CCn1c(CCCc2ccc(OC)cc2)nnc1SCC(=O)Nc1ccc(C(C)C)cc1. The van der Waals surface area contributed by atoms with Crippen LogP contribution in [0.3, 0.4) is 0 Å². The largest absolute Gasteiger partial charge is 0.497 e. The van der Waals surface area contributed by atoms with Gasteiger partial charge < -0.3 is 14.6 Å². The number of hydrogen-bond acceptors (Lipinski definition) is 5. The summed E-state index contributed by atoms with van der Waals surface area (Å²) in [6, 6.07) is 16.2. The van der Waals surface area contributed by atoms with Gasteiger partial charge in [-0.25, -0.2) is 0 Å². The molecule has 0 atom stereocenters. The number of carbonyl (C=O) groups excluding carboxylic acids is 1. The summed E-state index contributed by atoms with van der Waals surface area (Å²) in [6.45, 7) is 7.17. The van der Waals surface area contributed by atoms with E-state index in [0.717, 1.165) is 48.2 Å². The van der Waals surface area contributed by atoms with Crippen molar-refractivity contribution < 1.29 is 9.53 Å². The topological polar surface area (TPSA) is 69.0 Å². The lowest BCUT2D eigenvalue weighted by Crippen LogP contribution is -2.14. The number of benzene rings is 2. The van der Waals surface area contributed by atoms with Gasteiger partial charge in [0, 0.05) is 18.7 Å². The maximum absolute atomic E-state index is 12.4. The zero-order valence-electron chi connectivity index (χ0n) is 19.3. The molecule has 1 amide bonds. The van der Waals surface area contributed by atoms with Crippen LogP contribution in [0.5, 0.6) is 5.75 Å². The Hall–Kier alpha value is -2.80. The van der Waals surface area contributed by atoms with E-state index in [1.54, 1.807) is 7.11 Å². The third-order valence-corrected chi connectivity index (χ3v) is 6.29. The molecule has 0 bridgehead atoms. The first-order chi connectivity index (χ1) is 15.5. The van der Waals surface area contributed by atoms with Crippen LogP contribution in [0.15, 0.2) is 53.7 Å². The number of anilines is 1. The summed E-state index contributed by atoms with van der Waals surface area (Å²) < 4.78 is 7.31. The Morgan fingerprint density at radius 3 is 2.41 bits per heavy atom. The molecule has 6 nitrogen and oxygen atoms in total. The summed E-state index contributed by atoms with van der Waals surface area (Å²) in [5.41, 5.74) is 3.35. The molecule has 170 valence electrons. The summed E-state index contributed by atoms with van der Waals surface area (Å²) >= 11 is 1.43. The van der Waals surface area contributed by atoms with Crippen molar-refractivity contribution in [2.24, 2.45) is 0 Å². The van der Waals surface area contributed by atoms with E-state index < -0.39 is 0 Å². The molecule has 1 N–H and O–H groups in total. The molecule has 32 heavy (non-hydrogen) atoms. The molecule has 1 heterocycles. The maximum Gasteiger partial charge on any atom is 0.234 e. The number of thioether (sulfide) groups is 1. The van der Waals surface area contributed by atoms with Crippen molar-refractivity contribution in [1.82, 2.24) is 14.8 Å². The van der Waals surface area contributed by atoms with Gasteiger partial charge in [-0.05, 0) is 61.1 Å². The Morgan fingerprint density at radius 1 is 1.06 bits per heavy atom. The minimum Gasteiger partial charge on any atom is -0.497 e. The number of nitrogens with zero attached hydrogens (tertiary/aromatic N) is 3. The Morgan fingerprint density at radius 2 is 1.78 bits per heavy atom. The summed E-state index contributed by atoms with van der Waals surface area (Å²) in [7, 11) is 1.68. The molecule has 0 aliphatic carbocycles. The van der Waals surface area contributed by atoms with Crippen LogP contribution in [0.25, 0.3) is 0 Å². The number of aryl methyl sites for hydroxylation is 2. The predicted molar refractivity (Wildman–Crippen MR) is 131 cm³/mol. The van der Waals surface area contributed by atoms with E-state index in [1.165, 1.54) is 22.9 Å². The smallest absolute Gasteiger partial charge is 0.234 e. The van der Waals surface area contributed by atoms with Gasteiger partial charge in [-0.1, -0.05) is 49.9 Å². The molecule has 7 heteroatoms. The van der Waals surface area contributed by atoms with Crippen molar-refractivity contribution in [2.45, 2.75) is 57.7 Å². The van der Waals surface area contributed by atoms with Crippen molar-refractivity contribution in [3.05, 3.63) is 65.5 Å². The highest BCUT2D eigenvalue weighted by Gasteiger charge is 2.13. The Bertz CT molecular complexity index is 998. The molecule has 0 radical (unpaired) electrons. The van der Waals surface area contributed by atoms with Crippen LogP contribution < -0.4 is 10.1 Å². The molecule has 0 fully saturated rings. The number of amides is 1. The molecule has 3 rings (SSSR count). The number of hydrogen-bond donors (Lipinski definition) is 1. The average molecular weight is 453 g/mol. The summed E-state index contributed by atoms with van der Waals surface area (Å²) in [5, 5.41) is 12.4. The molecule has 0 saturated carbocycles. The van der Waals surface area contributed by atoms with Crippen molar-refractivity contribution in [2.75, 3.05) is 18.2 Å². The first kappa shape index (κ1) is 23.9. The van der Waals surface area contributed by atoms with Crippen molar-refractivity contribution >= 4 is 23.4 Å². The maximum atomic E-state index is 12.4. The fourth-order valence-electron chi connectivity index (χ4n) is 3.45. The minimum absolute atomic E-state index is 0.0426. The monoisotopic (exact) mass is 452 g/mol.